The molecule has 1 rings (SSSR count). The Balaban J connectivity index is 3.06. The van der Waals surface area contributed by atoms with Crippen molar-refractivity contribution in [1.82, 2.24) is 0 Å². The van der Waals surface area contributed by atoms with E-state index in [0.717, 1.165) is 18.6 Å². The molecule has 0 saturated carbocycles. The van der Waals surface area contributed by atoms with Crippen molar-refractivity contribution in [1.29, 1.82) is 0 Å². The second-order valence-electron chi connectivity index (χ2n) is 4.91. The average Bonchev–Trinajstić information content (AvgIpc) is 2.44. The van der Waals surface area contributed by atoms with E-state index >= 15 is 0 Å². The van der Waals surface area contributed by atoms with Gasteiger partial charge in [0, 0.05) is 12.3 Å². The molecule has 0 aliphatic rings. The van der Waals surface area contributed by atoms with Gasteiger partial charge in [-0.25, -0.2) is 0 Å². The molecular formula is C18H26O. The average molecular weight is 258 g/mol. The first-order valence-electron chi connectivity index (χ1n) is 7.37. The molecule has 0 radical (unpaired) electrons. The van der Waals surface area contributed by atoms with Crippen molar-refractivity contribution in [2.45, 2.75) is 53.4 Å². The number of rotatable bonds is 5. The fraction of sp³-hybridized carbons (Fsp3) is 0.556. The van der Waals surface area contributed by atoms with Gasteiger partial charge in [-0.15, -0.1) is 5.92 Å². The van der Waals surface area contributed by atoms with Gasteiger partial charge < -0.3 is 4.74 Å². The zero-order chi connectivity index (χ0) is 14.3. The molecular weight excluding hydrogens is 232 g/mol. The first kappa shape index (κ1) is 15.6. The SMILES string of the molecule is CCC#CC(C)C(C)c1cc(CC)ccc1OCC. The largest absolute Gasteiger partial charge is 0.494 e. The second-order valence-corrected chi connectivity index (χ2v) is 4.91. The minimum atomic E-state index is 0.353. The van der Waals surface area contributed by atoms with E-state index in [1.54, 1.807) is 0 Å². The minimum absolute atomic E-state index is 0.353. The monoisotopic (exact) mass is 258 g/mol. The maximum atomic E-state index is 5.76. The van der Waals surface area contributed by atoms with E-state index in [1.165, 1.54) is 11.1 Å². The summed E-state index contributed by atoms with van der Waals surface area (Å²) in [6.45, 7) is 11.5. The molecule has 0 heterocycles. The van der Waals surface area contributed by atoms with Crippen molar-refractivity contribution in [2.24, 2.45) is 5.92 Å². The molecule has 104 valence electrons. The predicted molar refractivity (Wildman–Crippen MR) is 82.6 cm³/mol. The molecule has 1 aromatic rings. The molecule has 1 nitrogen and oxygen atoms in total. The topological polar surface area (TPSA) is 9.23 Å². The molecule has 0 spiro atoms. The lowest BCUT2D eigenvalue weighted by Crippen LogP contribution is -2.07. The lowest BCUT2D eigenvalue weighted by molar-refractivity contribution is 0.332. The second kappa shape index (κ2) is 7.89. The molecule has 19 heavy (non-hydrogen) atoms. The number of hydrogen-bond donors (Lipinski definition) is 0. The molecule has 0 aliphatic carbocycles. The first-order chi connectivity index (χ1) is 9.13. The van der Waals surface area contributed by atoms with Crippen LogP contribution < -0.4 is 4.74 Å². The molecule has 0 saturated heterocycles. The van der Waals surface area contributed by atoms with Crippen LogP contribution in [0.2, 0.25) is 0 Å². The highest BCUT2D eigenvalue weighted by atomic mass is 16.5. The standard InChI is InChI=1S/C18H26O/c1-6-9-10-14(4)15(5)17-13-16(7-2)11-12-18(17)19-8-3/h11-15H,6-8H2,1-5H3. The molecule has 2 unspecified atom stereocenters. The normalized spacial score (nSPS) is 13.3. The van der Waals surface area contributed by atoms with Gasteiger partial charge in [-0.3, -0.25) is 0 Å². The highest BCUT2D eigenvalue weighted by molar-refractivity contribution is 5.40. The number of ether oxygens (including phenoxy) is 1. The molecule has 0 amide bonds. The van der Waals surface area contributed by atoms with Crippen LogP contribution in [0.25, 0.3) is 0 Å². The van der Waals surface area contributed by atoms with E-state index in [1.807, 2.05) is 6.92 Å². The Morgan fingerprint density at radius 3 is 2.47 bits per heavy atom. The summed E-state index contributed by atoms with van der Waals surface area (Å²) in [5, 5.41) is 0. The van der Waals surface area contributed by atoms with Crippen LogP contribution in [-0.2, 0) is 6.42 Å². The number of aryl methyl sites for hydroxylation is 1. The van der Waals surface area contributed by atoms with Gasteiger partial charge in [0.15, 0.2) is 0 Å². The van der Waals surface area contributed by atoms with Gasteiger partial charge in [0.2, 0.25) is 0 Å². The Hall–Kier alpha value is -1.42. The van der Waals surface area contributed by atoms with E-state index < -0.39 is 0 Å². The lowest BCUT2D eigenvalue weighted by Gasteiger charge is -2.20. The van der Waals surface area contributed by atoms with Crippen molar-refractivity contribution >= 4 is 0 Å². The summed E-state index contributed by atoms with van der Waals surface area (Å²) in [5.74, 6) is 8.28. The zero-order valence-corrected chi connectivity index (χ0v) is 12.9. The Morgan fingerprint density at radius 1 is 1.16 bits per heavy atom. The Bertz CT molecular complexity index is 450. The zero-order valence-electron chi connectivity index (χ0n) is 12.9. The van der Waals surface area contributed by atoms with Gasteiger partial charge in [-0.05, 0) is 36.5 Å². The minimum Gasteiger partial charge on any atom is -0.494 e. The predicted octanol–water partition coefficient (Wildman–Crippen LogP) is 4.80. The molecule has 0 aliphatic heterocycles. The van der Waals surface area contributed by atoms with E-state index in [-0.39, 0.29) is 0 Å². The maximum Gasteiger partial charge on any atom is 0.122 e. The van der Waals surface area contributed by atoms with Gasteiger partial charge >= 0.3 is 0 Å². The van der Waals surface area contributed by atoms with Gasteiger partial charge in [-0.1, -0.05) is 45.7 Å². The van der Waals surface area contributed by atoms with Crippen LogP contribution >= 0.6 is 0 Å². The molecule has 1 aromatic carbocycles. The van der Waals surface area contributed by atoms with E-state index in [9.17, 15) is 0 Å². The Labute approximate surface area is 118 Å². The third-order valence-corrected chi connectivity index (χ3v) is 3.53. The quantitative estimate of drug-likeness (QED) is 0.689. The van der Waals surface area contributed by atoms with E-state index in [0.29, 0.717) is 18.4 Å². The molecule has 2 atom stereocenters. The van der Waals surface area contributed by atoms with Crippen LogP contribution in [0.3, 0.4) is 0 Å². The van der Waals surface area contributed by atoms with E-state index in [2.05, 4.69) is 57.7 Å². The summed E-state index contributed by atoms with van der Waals surface area (Å²) in [6, 6.07) is 6.54. The van der Waals surface area contributed by atoms with Gasteiger partial charge in [0.25, 0.3) is 0 Å². The summed E-state index contributed by atoms with van der Waals surface area (Å²) in [6.07, 6.45) is 1.98. The van der Waals surface area contributed by atoms with Crippen LogP contribution in [0.4, 0.5) is 0 Å². The summed E-state index contributed by atoms with van der Waals surface area (Å²) < 4.78 is 5.76. The van der Waals surface area contributed by atoms with Gasteiger partial charge in [0.05, 0.1) is 6.61 Å². The molecule has 1 heteroatoms. The van der Waals surface area contributed by atoms with Crippen molar-refractivity contribution in [3.63, 3.8) is 0 Å². The summed E-state index contributed by atoms with van der Waals surface area (Å²) in [4.78, 5) is 0. The first-order valence-corrected chi connectivity index (χ1v) is 7.37. The molecule has 0 aromatic heterocycles. The van der Waals surface area contributed by atoms with Gasteiger partial charge in [-0.2, -0.15) is 0 Å². The Kier molecular flexibility index (Phi) is 6.50. The highest BCUT2D eigenvalue weighted by Crippen LogP contribution is 2.32. The fourth-order valence-corrected chi connectivity index (χ4v) is 2.12. The summed E-state index contributed by atoms with van der Waals surface area (Å²) in [5.41, 5.74) is 2.65. The number of hydrogen-bond acceptors (Lipinski definition) is 1. The van der Waals surface area contributed by atoms with Gasteiger partial charge in [0.1, 0.15) is 5.75 Å². The van der Waals surface area contributed by atoms with Crippen LogP contribution in [0.15, 0.2) is 18.2 Å². The third-order valence-electron chi connectivity index (χ3n) is 3.53. The summed E-state index contributed by atoms with van der Waals surface area (Å²) in [7, 11) is 0. The van der Waals surface area contributed by atoms with Crippen molar-refractivity contribution < 1.29 is 4.74 Å². The maximum absolute atomic E-state index is 5.76. The lowest BCUT2D eigenvalue weighted by atomic mass is 9.87. The molecule has 0 N–H and O–H groups in total. The van der Waals surface area contributed by atoms with Crippen LogP contribution in [0.5, 0.6) is 5.75 Å². The van der Waals surface area contributed by atoms with Crippen LogP contribution in [0.1, 0.15) is 58.1 Å². The molecule has 0 bridgehead atoms. The number of benzene rings is 1. The molecule has 0 fully saturated rings. The van der Waals surface area contributed by atoms with Crippen molar-refractivity contribution in [3.8, 4) is 17.6 Å². The highest BCUT2D eigenvalue weighted by Gasteiger charge is 2.17. The van der Waals surface area contributed by atoms with E-state index in [4.69, 9.17) is 4.74 Å². The Morgan fingerprint density at radius 2 is 1.89 bits per heavy atom. The third kappa shape index (κ3) is 4.31. The fourth-order valence-electron chi connectivity index (χ4n) is 2.12. The smallest absolute Gasteiger partial charge is 0.122 e. The van der Waals surface area contributed by atoms with Crippen molar-refractivity contribution in [2.75, 3.05) is 6.61 Å². The van der Waals surface area contributed by atoms with Crippen LogP contribution in [0, 0.1) is 17.8 Å². The summed E-state index contributed by atoms with van der Waals surface area (Å²) >= 11 is 0. The van der Waals surface area contributed by atoms with Crippen molar-refractivity contribution in [3.05, 3.63) is 29.3 Å². The van der Waals surface area contributed by atoms with Crippen LogP contribution in [-0.4, -0.2) is 6.61 Å².